The first-order valence-corrected chi connectivity index (χ1v) is 9.92. The van der Waals surface area contributed by atoms with E-state index in [0.717, 1.165) is 23.7 Å². The van der Waals surface area contributed by atoms with Gasteiger partial charge in [-0.15, -0.1) is 0 Å². The minimum absolute atomic E-state index is 0.0541. The van der Waals surface area contributed by atoms with E-state index in [0.29, 0.717) is 24.2 Å². The number of halogens is 1. The molecular formula is C21H28ClNO2. The van der Waals surface area contributed by atoms with E-state index >= 15 is 0 Å². The predicted octanol–water partition coefficient (Wildman–Crippen LogP) is 4.30. The number of likely N-dealkylation sites (tertiary alicyclic amines) is 1. The van der Waals surface area contributed by atoms with E-state index in [1.165, 1.54) is 31.2 Å². The lowest BCUT2D eigenvalue weighted by Gasteiger charge is -2.55. The molecule has 1 aliphatic heterocycles. The maximum atomic E-state index is 12.5. The summed E-state index contributed by atoms with van der Waals surface area (Å²) in [7, 11) is 0. The zero-order valence-corrected chi connectivity index (χ0v) is 16.0. The van der Waals surface area contributed by atoms with Crippen LogP contribution in [0.4, 0.5) is 0 Å². The van der Waals surface area contributed by atoms with E-state index in [2.05, 4.69) is 18.2 Å². The number of carbonyl (C=O) groups excluding carboxylic acids is 1. The minimum Gasteiger partial charge on any atom is -0.390 e. The van der Waals surface area contributed by atoms with Gasteiger partial charge in [-0.3, -0.25) is 4.79 Å². The van der Waals surface area contributed by atoms with Crippen molar-refractivity contribution in [3.63, 3.8) is 0 Å². The van der Waals surface area contributed by atoms with Crippen LogP contribution in [-0.2, 0) is 4.79 Å². The maximum Gasteiger partial charge on any atom is 0.225 e. The monoisotopic (exact) mass is 361 g/mol. The molecule has 1 heterocycles. The fraction of sp³-hybridized carbons (Fsp3) is 0.667. The Morgan fingerprint density at radius 1 is 1.24 bits per heavy atom. The summed E-state index contributed by atoms with van der Waals surface area (Å²) in [4.78, 5) is 14.5. The molecule has 3 nitrogen and oxygen atoms in total. The second kappa shape index (κ2) is 5.99. The number of hydrogen-bond acceptors (Lipinski definition) is 2. The van der Waals surface area contributed by atoms with Crippen LogP contribution < -0.4 is 0 Å². The summed E-state index contributed by atoms with van der Waals surface area (Å²) in [6.45, 7) is 5.72. The van der Waals surface area contributed by atoms with Crippen molar-refractivity contribution >= 4 is 17.5 Å². The Balaban J connectivity index is 1.30. The third-order valence-electron chi connectivity index (χ3n) is 6.80. The normalized spacial score (nSPS) is 31.5. The van der Waals surface area contributed by atoms with Gasteiger partial charge < -0.3 is 10.0 Å². The first-order chi connectivity index (χ1) is 11.8. The number of carbonyl (C=O) groups is 1. The minimum atomic E-state index is -0.615. The van der Waals surface area contributed by atoms with Gasteiger partial charge in [0.05, 0.1) is 5.60 Å². The van der Waals surface area contributed by atoms with Crippen LogP contribution in [0, 0.1) is 18.3 Å². The van der Waals surface area contributed by atoms with E-state index in [1.54, 1.807) is 0 Å². The average molecular weight is 362 g/mol. The molecule has 1 N–H and O–H groups in total. The van der Waals surface area contributed by atoms with Crippen molar-refractivity contribution < 1.29 is 9.90 Å². The summed E-state index contributed by atoms with van der Waals surface area (Å²) in [5.74, 6) is 0.929. The molecule has 0 aromatic heterocycles. The van der Waals surface area contributed by atoms with Crippen molar-refractivity contribution in [1.29, 1.82) is 0 Å². The van der Waals surface area contributed by atoms with Crippen molar-refractivity contribution in [3.8, 4) is 0 Å². The zero-order chi connectivity index (χ0) is 17.8. The largest absolute Gasteiger partial charge is 0.390 e. The third-order valence-corrected chi connectivity index (χ3v) is 7.21. The van der Waals surface area contributed by atoms with Gasteiger partial charge in [0.2, 0.25) is 5.91 Å². The number of aliphatic hydroxyl groups is 1. The van der Waals surface area contributed by atoms with Gasteiger partial charge in [0.1, 0.15) is 0 Å². The lowest BCUT2D eigenvalue weighted by molar-refractivity contribution is -0.163. The van der Waals surface area contributed by atoms with Gasteiger partial charge in [-0.1, -0.05) is 23.7 Å². The van der Waals surface area contributed by atoms with Crippen LogP contribution >= 0.6 is 11.6 Å². The van der Waals surface area contributed by atoms with Crippen molar-refractivity contribution in [2.45, 2.75) is 63.9 Å². The topological polar surface area (TPSA) is 40.5 Å². The van der Waals surface area contributed by atoms with Gasteiger partial charge in [0.15, 0.2) is 0 Å². The molecule has 1 aromatic rings. The number of amides is 1. The molecule has 3 aliphatic rings. The quantitative estimate of drug-likeness (QED) is 0.853. The second-order valence-corrected chi connectivity index (χ2v) is 9.49. The summed E-state index contributed by atoms with van der Waals surface area (Å²) in [6.07, 6.45) is 6.06. The molecule has 136 valence electrons. The second-order valence-electron chi connectivity index (χ2n) is 9.08. The molecule has 2 saturated carbocycles. The number of hydrogen-bond donors (Lipinski definition) is 1. The van der Waals surface area contributed by atoms with Gasteiger partial charge in [-0.25, -0.2) is 0 Å². The molecule has 0 bridgehead atoms. The maximum absolute atomic E-state index is 12.5. The van der Waals surface area contributed by atoms with Crippen molar-refractivity contribution in [2.24, 2.45) is 11.3 Å². The standard InChI is InChI=1S/C21H28ClNO2/c1-14-3-4-16(9-18(14)22)15-5-7-21(8-6-15)12-23(13-21)19(24)17-10-20(2,25)11-17/h3-4,9,15,17,25H,5-8,10-13H2,1-2H3. The molecule has 4 rings (SSSR count). The molecule has 0 radical (unpaired) electrons. The van der Waals surface area contributed by atoms with Crippen LogP contribution in [0.25, 0.3) is 0 Å². The summed E-state index contributed by atoms with van der Waals surface area (Å²) < 4.78 is 0. The highest BCUT2D eigenvalue weighted by Gasteiger charge is 2.51. The SMILES string of the molecule is Cc1ccc(C2CCC3(CC2)CN(C(=O)C2CC(C)(O)C2)C3)cc1Cl. The molecular weight excluding hydrogens is 334 g/mol. The Labute approximate surface area is 155 Å². The Kier molecular flexibility index (Phi) is 4.16. The molecule has 3 fully saturated rings. The smallest absolute Gasteiger partial charge is 0.225 e. The van der Waals surface area contributed by atoms with E-state index in [9.17, 15) is 9.90 Å². The van der Waals surface area contributed by atoms with Gasteiger partial charge in [0, 0.05) is 29.4 Å². The summed E-state index contributed by atoms with van der Waals surface area (Å²) in [5.41, 5.74) is 2.25. The molecule has 2 aliphatic carbocycles. The number of nitrogens with zero attached hydrogens (tertiary/aromatic N) is 1. The number of benzene rings is 1. The van der Waals surface area contributed by atoms with Gasteiger partial charge >= 0.3 is 0 Å². The van der Waals surface area contributed by atoms with E-state index < -0.39 is 5.60 Å². The predicted molar refractivity (Wildman–Crippen MR) is 99.8 cm³/mol. The van der Waals surface area contributed by atoms with Gasteiger partial charge in [-0.05, 0) is 75.5 Å². The number of aryl methyl sites for hydroxylation is 1. The molecule has 4 heteroatoms. The highest BCUT2D eigenvalue weighted by Crippen LogP contribution is 2.50. The summed E-state index contributed by atoms with van der Waals surface area (Å²) in [6, 6.07) is 6.49. The summed E-state index contributed by atoms with van der Waals surface area (Å²) in [5, 5.41) is 10.7. The first kappa shape index (κ1) is 17.4. The molecule has 1 amide bonds. The molecule has 1 aromatic carbocycles. The molecule has 0 unspecified atom stereocenters. The van der Waals surface area contributed by atoms with Crippen LogP contribution in [0.3, 0.4) is 0 Å². The van der Waals surface area contributed by atoms with Gasteiger partial charge in [-0.2, -0.15) is 0 Å². The van der Waals surface area contributed by atoms with Crippen molar-refractivity contribution in [3.05, 3.63) is 34.3 Å². The molecule has 1 saturated heterocycles. The van der Waals surface area contributed by atoms with Crippen LogP contribution in [0.15, 0.2) is 18.2 Å². The first-order valence-electron chi connectivity index (χ1n) is 9.54. The van der Waals surface area contributed by atoms with Crippen molar-refractivity contribution in [1.82, 2.24) is 4.90 Å². The third kappa shape index (κ3) is 3.21. The lowest BCUT2D eigenvalue weighted by atomic mass is 9.63. The highest BCUT2D eigenvalue weighted by molar-refractivity contribution is 6.31. The Morgan fingerprint density at radius 3 is 2.44 bits per heavy atom. The van der Waals surface area contributed by atoms with Crippen molar-refractivity contribution in [2.75, 3.05) is 13.1 Å². The van der Waals surface area contributed by atoms with Crippen LogP contribution in [0.1, 0.15) is 62.5 Å². The van der Waals surface area contributed by atoms with Crippen LogP contribution in [0.2, 0.25) is 5.02 Å². The fourth-order valence-corrected chi connectivity index (χ4v) is 5.29. The summed E-state index contributed by atoms with van der Waals surface area (Å²) >= 11 is 6.29. The van der Waals surface area contributed by atoms with E-state index in [1.807, 2.05) is 18.7 Å². The lowest BCUT2D eigenvalue weighted by Crippen LogP contribution is -2.62. The Morgan fingerprint density at radius 2 is 1.88 bits per heavy atom. The van der Waals surface area contributed by atoms with E-state index in [4.69, 9.17) is 11.6 Å². The van der Waals surface area contributed by atoms with Gasteiger partial charge in [0.25, 0.3) is 0 Å². The molecule has 1 spiro atoms. The Bertz CT molecular complexity index is 675. The zero-order valence-electron chi connectivity index (χ0n) is 15.2. The molecule has 0 atom stereocenters. The van der Waals surface area contributed by atoms with E-state index in [-0.39, 0.29) is 11.8 Å². The molecule has 25 heavy (non-hydrogen) atoms. The average Bonchev–Trinajstić information content (AvgIpc) is 2.52. The van der Waals surface area contributed by atoms with Crippen LogP contribution in [-0.4, -0.2) is 34.6 Å². The Hall–Kier alpha value is -1.06. The van der Waals surface area contributed by atoms with Crippen LogP contribution in [0.5, 0.6) is 0 Å². The fourth-order valence-electron chi connectivity index (χ4n) is 5.10. The number of rotatable bonds is 2. The highest BCUT2D eigenvalue weighted by atomic mass is 35.5.